The molecule has 0 radical (unpaired) electrons. The minimum Gasteiger partial charge on any atom is -0.376 e. The van der Waals surface area contributed by atoms with Crippen LogP contribution in [0.15, 0.2) is 23.1 Å². The van der Waals surface area contributed by atoms with Crippen LogP contribution in [-0.4, -0.2) is 36.3 Å². The monoisotopic (exact) mass is 320 g/mol. The van der Waals surface area contributed by atoms with Gasteiger partial charge in [0.1, 0.15) is 0 Å². The van der Waals surface area contributed by atoms with Gasteiger partial charge in [-0.1, -0.05) is 0 Å². The van der Waals surface area contributed by atoms with E-state index in [0.29, 0.717) is 12.0 Å². The molecule has 22 heavy (non-hydrogen) atoms. The molecule has 2 atom stereocenters. The highest BCUT2D eigenvalue weighted by atomic mass is 32.2. The number of carbonyl (C=O) groups excluding carboxylic acids is 2. The molecule has 3 rings (SSSR count). The summed E-state index contributed by atoms with van der Waals surface area (Å²) in [6, 6.07) is 5.44. The van der Waals surface area contributed by atoms with Crippen molar-refractivity contribution in [3.63, 3.8) is 0 Å². The van der Waals surface area contributed by atoms with Crippen molar-refractivity contribution >= 4 is 29.3 Å². The van der Waals surface area contributed by atoms with Crippen molar-refractivity contribution in [3.05, 3.63) is 23.8 Å². The lowest BCUT2D eigenvalue weighted by atomic mass is 10.1. The van der Waals surface area contributed by atoms with Crippen molar-refractivity contribution in [2.75, 3.05) is 17.7 Å². The van der Waals surface area contributed by atoms with Crippen LogP contribution in [0.1, 0.15) is 36.5 Å². The summed E-state index contributed by atoms with van der Waals surface area (Å²) in [5.74, 6) is 0.631. The molecule has 2 amide bonds. The molecule has 2 heterocycles. The Kier molecular flexibility index (Phi) is 4.69. The van der Waals surface area contributed by atoms with E-state index >= 15 is 0 Å². The molecular formula is C16H20N2O3S. The summed E-state index contributed by atoms with van der Waals surface area (Å²) in [6.45, 7) is 2.74. The Bertz CT molecular complexity index is 585. The van der Waals surface area contributed by atoms with E-state index in [-0.39, 0.29) is 24.0 Å². The van der Waals surface area contributed by atoms with Crippen LogP contribution >= 0.6 is 11.8 Å². The lowest BCUT2D eigenvalue weighted by Gasteiger charge is -2.20. The van der Waals surface area contributed by atoms with Crippen molar-refractivity contribution < 1.29 is 14.3 Å². The van der Waals surface area contributed by atoms with Crippen molar-refractivity contribution in [1.29, 1.82) is 0 Å². The topological polar surface area (TPSA) is 67.4 Å². The van der Waals surface area contributed by atoms with Crippen LogP contribution in [0.2, 0.25) is 0 Å². The summed E-state index contributed by atoms with van der Waals surface area (Å²) in [5, 5.41) is 5.85. The number of rotatable bonds is 3. The van der Waals surface area contributed by atoms with Crippen molar-refractivity contribution in [3.8, 4) is 0 Å². The van der Waals surface area contributed by atoms with Crippen LogP contribution in [0.25, 0.3) is 0 Å². The van der Waals surface area contributed by atoms with Gasteiger partial charge >= 0.3 is 0 Å². The molecular weight excluding hydrogens is 300 g/mol. The third kappa shape index (κ3) is 3.44. The average Bonchev–Trinajstić information content (AvgIpc) is 2.96. The van der Waals surface area contributed by atoms with Gasteiger partial charge in [0, 0.05) is 29.2 Å². The fraction of sp³-hybridized carbons (Fsp3) is 0.500. The molecule has 1 aromatic carbocycles. The molecule has 0 aromatic heterocycles. The lowest BCUT2D eigenvalue weighted by molar-refractivity contribution is -0.115. The summed E-state index contributed by atoms with van der Waals surface area (Å²) in [4.78, 5) is 25.0. The molecule has 1 saturated heterocycles. The number of thioether (sulfide) groups is 1. The number of amides is 2. The number of hydrogen-bond donors (Lipinski definition) is 2. The number of hydrogen-bond acceptors (Lipinski definition) is 4. The summed E-state index contributed by atoms with van der Waals surface area (Å²) < 4.78 is 5.60. The van der Waals surface area contributed by atoms with Gasteiger partial charge in [0.15, 0.2) is 0 Å². The standard InChI is InChI=1S/C16H20N2O3S/c1-10(13-3-2-7-21-13)17-16(20)11-4-5-14-12(9-11)18-15(19)6-8-22-14/h4-5,9-10,13H,2-3,6-8H2,1H3,(H,17,20)(H,18,19)/t10-,13-/m0/s1. The van der Waals surface area contributed by atoms with Gasteiger partial charge in [-0.05, 0) is 38.0 Å². The number of anilines is 1. The molecule has 2 aliphatic rings. The van der Waals surface area contributed by atoms with Gasteiger partial charge in [0.2, 0.25) is 5.91 Å². The molecule has 2 aliphatic heterocycles. The predicted molar refractivity (Wildman–Crippen MR) is 86.3 cm³/mol. The summed E-state index contributed by atoms with van der Waals surface area (Å²) in [7, 11) is 0. The van der Waals surface area contributed by atoms with E-state index in [1.165, 1.54) is 0 Å². The van der Waals surface area contributed by atoms with Crippen LogP contribution in [0.3, 0.4) is 0 Å². The first-order chi connectivity index (χ1) is 10.6. The Hall–Kier alpha value is -1.53. The van der Waals surface area contributed by atoms with Crippen LogP contribution in [0, 0.1) is 0 Å². The van der Waals surface area contributed by atoms with E-state index < -0.39 is 0 Å². The van der Waals surface area contributed by atoms with Gasteiger partial charge in [0.25, 0.3) is 5.91 Å². The Morgan fingerprint density at radius 3 is 3.14 bits per heavy atom. The van der Waals surface area contributed by atoms with E-state index in [4.69, 9.17) is 4.74 Å². The van der Waals surface area contributed by atoms with E-state index in [1.807, 2.05) is 13.0 Å². The number of nitrogens with one attached hydrogen (secondary N) is 2. The highest BCUT2D eigenvalue weighted by Gasteiger charge is 2.24. The zero-order valence-corrected chi connectivity index (χ0v) is 13.4. The van der Waals surface area contributed by atoms with Gasteiger partial charge in [0.05, 0.1) is 17.8 Å². The second-order valence-electron chi connectivity index (χ2n) is 5.67. The van der Waals surface area contributed by atoms with Crippen LogP contribution in [-0.2, 0) is 9.53 Å². The van der Waals surface area contributed by atoms with Crippen molar-refractivity contribution in [2.24, 2.45) is 0 Å². The van der Waals surface area contributed by atoms with Gasteiger partial charge in [-0.15, -0.1) is 11.8 Å². The minimum atomic E-state index is -0.130. The Morgan fingerprint density at radius 1 is 1.50 bits per heavy atom. The van der Waals surface area contributed by atoms with Gasteiger partial charge in [-0.2, -0.15) is 0 Å². The van der Waals surface area contributed by atoms with Crippen molar-refractivity contribution in [1.82, 2.24) is 5.32 Å². The molecule has 6 heteroatoms. The summed E-state index contributed by atoms with van der Waals surface area (Å²) in [5.41, 5.74) is 1.29. The Labute approximate surface area is 134 Å². The minimum absolute atomic E-state index is 0.00321. The molecule has 0 spiro atoms. The van der Waals surface area contributed by atoms with Crippen molar-refractivity contribution in [2.45, 2.75) is 43.2 Å². The average molecular weight is 320 g/mol. The second-order valence-corrected chi connectivity index (χ2v) is 6.81. The maximum atomic E-state index is 12.4. The molecule has 0 saturated carbocycles. The quantitative estimate of drug-likeness (QED) is 0.897. The number of benzene rings is 1. The first-order valence-electron chi connectivity index (χ1n) is 7.62. The normalized spacial score (nSPS) is 22.4. The maximum Gasteiger partial charge on any atom is 0.251 e. The molecule has 5 nitrogen and oxygen atoms in total. The Morgan fingerprint density at radius 2 is 2.36 bits per heavy atom. The number of carbonyl (C=O) groups is 2. The van der Waals surface area contributed by atoms with Crippen LogP contribution in [0.4, 0.5) is 5.69 Å². The molecule has 2 N–H and O–H groups in total. The molecule has 1 aromatic rings. The zero-order valence-electron chi connectivity index (χ0n) is 12.6. The molecule has 0 unspecified atom stereocenters. The predicted octanol–water partition coefficient (Wildman–Crippen LogP) is 2.42. The maximum absolute atomic E-state index is 12.4. The Balaban J connectivity index is 1.71. The first-order valence-corrected chi connectivity index (χ1v) is 8.61. The third-order valence-corrected chi connectivity index (χ3v) is 5.06. The summed E-state index contributed by atoms with van der Waals surface area (Å²) in [6.07, 6.45) is 2.63. The molecule has 0 aliphatic carbocycles. The highest BCUT2D eigenvalue weighted by Crippen LogP contribution is 2.31. The second kappa shape index (κ2) is 6.71. The largest absolute Gasteiger partial charge is 0.376 e. The number of fused-ring (bicyclic) bond motifs is 1. The van der Waals surface area contributed by atoms with Gasteiger partial charge < -0.3 is 15.4 Å². The molecule has 0 bridgehead atoms. The third-order valence-electron chi connectivity index (χ3n) is 3.98. The van der Waals surface area contributed by atoms with Crippen LogP contribution in [0.5, 0.6) is 0 Å². The van der Waals surface area contributed by atoms with Gasteiger partial charge in [-0.3, -0.25) is 9.59 Å². The number of ether oxygens (including phenoxy) is 1. The lowest BCUT2D eigenvalue weighted by Crippen LogP contribution is -2.40. The van der Waals surface area contributed by atoms with E-state index in [2.05, 4.69) is 10.6 Å². The van der Waals surface area contributed by atoms with Gasteiger partial charge in [-0.25, -0.2) is 0 Å². The first kappa shape index (κ1) is 15.4. The highest BCUT2D eigenvalue weighted by molar-refractivity contribution is 7.99. The molecule has 1 fully saturated rings. The SMILES string of the molecule is C[C@H](NC(=O)c1ccc2c(c1)NC(=O)CCS2)[C@@H]1CCCO1. The zero-order chi connectivity index (χ0) is 15.5. The van der Waals surface area contributed by atoms with E-state index in [9.17, 15) is 9.59 Å². The fourth-order valence-corrected chi connectivity index (χ4v) is 3.68. The fourth-order valence-electron chi connectivity index (χ4n) is 2.74. The molecule has 118 valence electrons. The summed E-state index contributed by atoms with van der Waals surface area (Å²) >= 11 is 1.63. The van der Waals surface area contributed by atoms with E-state index in [1.54, 1.807) is 23.9 Å². The smallest absolute Gasteiger partial charge is 0.251 e. The van der Waals surface area contributed by atoms with Crippen LogP contribution < -0.4 is 10.6 Å². The van der Waals surface area contributed by atoms with E-state index in [0.717, 1.165) is 35.8 Å².